The minimum absolute atomic E-state index is 0.0542. The van der Waals surface area contributed by atoms with Crippen molar-refractivity contribution in [2.45, 2.75) is 6.18 Å². The topological polar surface area (TPSA) is 35.5 Å². The Morgan fingerprint density at radius 1 is 0.923 bits per heavy atom. The summed E-state index contributed by atoms with van der Waals surface area (Å²) in [6.07, 6.45) is -4.52. The maximum Gasteiger partial charge on any atom is 0.416 e. The Labute approximate surface area is 148 Å². The molecule has 0 unspecified atom stereocenters. The first-order chi connectivity index (χ1) is 12.3. The van der Waals surface area contributed by atoms with Crippen LogP contribution in [0.5, 0.6) is 11.5 Å². The van der Waals surface area contributed by atoms with Gasteiger partial charge in [0.15, 0.2) is 5.78 Å². The van der Waals surface area contributed by atoms with Crippen LogP contribution in [0.4, 0.5) is 13.2 Å². The number of ether oxygens (including phenoxy) is 2. The molecule has 134 valence electrons. The molecule has 0 bridgehead atoms. The standard InChI is InChI=1S/C20H15F3O3/c1-25-15-7-8-16-12(11-15)6-9-17(26-2)18(16)19(24)13-4-3-5-14(10-13)20(21,22)23/h3-11H,1-2H3. The first kappa shape index (κ1) is 17.8. The number of alkyl halides is 3. The van der Waals surface area contributed by atoms with E-state index in [1.54, 1.807) is 30.3 Å². The Hall–Kier alpha value is -3.02. The molecule has 0 saturated carbocycles. The zero-order chi connectivity index (χ0) is 18.9. The second-order valence-corrected chi connectivity index (χ2v) is 5.64. The molecule has 0 amide bonds. The summed E-state index contributed by atoms with van der Waals surface area (Å²) in [6.45, 7) is 0. The lowest BCUT2D eigenvalue weighted by Gasteiger charge is -2.13. The molecule has 0 radical (unpaired) electrons. The van der Waals surface area contributed by atoms with Crippen LogP contribution in [0.3, 0.4) is 0 Å². The van der Waals surface area contributed by atoms with E-state index in [0.29, 0.717) is 16.9 Å². The van der Waals surface area contributed by atoms with Gasteiger partial charge >= 0.3 is 6.18 Å². The van der Waals surface area contributed by atoms with Crippen molar-refractivity contribution in [3.05, 3.63) is 71.3 Å². The van der Waals surface area contributed by atoms with Crippen molar-refractivity contribution < 1.29 is 27.4 Å². The summed E-state index contributed by atoms with van der Waals surface area (Å²) in [5.41, 5.74) is -0.711. The Morgan fingerprint density at radius 3 is 2.35 bits per heavy atom. The number of rotatable bonds is 4. The van der Waals surface area contributed by atoms with E-state index in [4.69, 9.17) is 9.47 Å². The minimum Gasteiger partial charge on any atom is -0.497 e. The molecule has 0 saturated heterocycles. The number of fused-ring (bicyclic) bond motifs is 1. The molecule has 0 aliphatic heterocycles. The van der Waals surface area contributed by atoms with Gasteiger partial charge in [-0.3, -0.25) is 4.79 Å². The molecule has 0 heterocycles. The number of methoxy groups -OCH3 is 2. The second-order valence-electron chi connectivity index (χ2n) is 5.64. The Balaban J connectivity index is 2.19. The van der Waals surface area contributed by atoms with Gasteiger partial charge in [-0.2, -0.15) is 13.2 Å². The van der Waals surface area contributed by atoms with E-state index in [9.17, 15) is 18.0 Å². The van der Waals surface area contributed by atoms with Crippen LogP contribution in [-0.2, 0) is 6.18 Å². The molecular weight excluding hydrogens is 345 g/mol. The van der Waals surface area contributed by atoms with Gasteiger partial charge in [0.2, 0.25) is 0 Å². The number of ketones is 1. The van der Waals surface area contributed by atoms with Crippen LogP contribution in [0.1, 0.15) is 21.5 Å². The fourth-order valence-corrected chi connectivity index (χ4v) is 2.80. The molecule has 0 aromatic heterocycles. The van der Waals surface area contributed by atoms with Gasteiger partial charge in [0.25, 0.3) is 0 Å². The molecule has 6 heteroatoms. The van der Waals surface area contributed by atoms with E-state index < -0.39 is 17.5 Å². The van der Waals surface area contributed by atoms with Crippen LogP contribution >= 0.6 is 0 Å². The van der Waals surface area contributed by atoms with Crippen molar-refractivity contribution in [1.82, 2.24) is 0 Å². The molecule has 0 spiro atoms. The Bertz CT molecular complexity index is 978. The van der Waals surface area contributed by atoms with Crippen LogP contribution in [0.25, 0.3) is 10.8 Å². The molecule has 26 heavy (non-hydrogen) atoms. The van der Waals surface area contributed by atoms with Crippen LogP contribution < -0.4 is 9.47 Å². The molecular formula is C20H15F3O3. The van der Waals surface area contributed by atoms with Gasteiger partial charge in [-0.05, 0) is 47.2 Å². The molecule has 0 aliphatic carbocycles. The van der Waals surface area contributed by atoms with Crippen LogP contribution in [0, 0.1) is 0 Å². The van der Waals surface area contributed by atoms with Gasteiger partial charge in [-0.1, -0.05) is 18.2 Å². The van der Waals surface area contributed by atoms with Crippen molar-refractivity contribution in [3.8, 4) is 11.5 Å². The highest BCUT2D eigenvalue weighted by molar-refractivity contribution is 6.18. The third kappa shape index (κ3) is 3.22. The molecule has 3 rings (SSSR count). The van der Waals surface area contributed by atoms with Crippen molar-refractivity contribution in [2.75, 3.05) is 14.2 Å². The Kier molecular flexibility index (Phi) is 4.59. The molecule has 3 nitrogen and oxygen atoms in total. The van der Waals surface area contributed by atoms with E-state index in [1.165, 1.54) is 26.4 Å². The predicted octanol–water partition coefficient (Wildman–Crippen LogP) is 5.11. The van der Waals surface area contributed by atoms with Gasteiger partial charge in [0, 0.05) is 5.56 Å². The second kappa shape index (κ2) is 6.71. The summed E-state index contributed by atoms with van der Waals surface area (Å²) < 4.78 is 49.3. The summed E-state index contributed by atoms with van der Waals surface area (Å²) in [5.74, 6) is 0.369. The fourth-order valence-electron chi connectivity index (χ4n) is 2.80. The van der Waals surface area contributed by atoms with Crippen LogP contribution in [-0.4, -0.2) is 20.0 Å². The zero-order valence-electron chi connectivity index (χ0n) is 14.1. The quantitative estimate of drug-likeness (QED) is 0.607. The monoisotopic (exact) mass is 360 g/mol. The number of carbonyl (C=O) groups excluding carboxylic acids is 1. The summed E-state index contributed by atoms with van der Waals surface area (Å²) in [6, 6.07) is 12.9. The third-order valence-corrected chi connectivity index (χ3v) is 4.09. The summed E-state index contributed by atoms with van der Waals surface area (Å²) >= 11 is 0. The largest absolute Gasteiger partial charge is 0.497 e. The van der Waals surface area contributed by atoms with Gasteiger partial charge in [-0.15, -0.1) is 0 Å². The molecule has 3 aromatic rings. The lowest BCUT2D eigenvalue weighted by molar-refractivity contribution is -0.137. The van der Waals surface area contributed by atoms with E-state index in [2.05, 4.69) is 0 Å². The van der Waals surface area contributed by atoms with E-state index in [-0.39, 0.29) is 11.1 Å². The number of carbonyl (C=O) groups is 1. The summed E-state index contributed by atoms with van der Waals surface area (Å²) in [5, 5.41) is 1.30. The lowest BCUT2D eigenvalue weighted by Crippen LogP contribution is -2.09. The molecule has 0 N–H and O–H groups in total. The average Bonchev–Trinajstić information content (AvgIpc) is 2.65. The fraction of sp³-hybridized carbons (Fsp3) is 0.150. The van der Waals surface area contributed by atoms with Crippen LogP contribution in [0.15, 0.2) is 54.6 Å². The highest BCUT2D eigenvalue weighted by Crippen LogP contribution is 2.34. The SMILES string of the molecule is COc1ccc2c(C(=O)c3cccc(C(F)(F)F)c3)c(OC)ccc2c1. The van der Waals surface area contributed by atoms with Gasteiger partial charge < -0.3 is 9.47 Å². The first-order valence-corrected chi connectivity index (χ1v) is 7.72. The van der Waals surface area contributed by atoms with Crippen LogP contribution in [0.2, 0.25) is 0 Å². The molecule has 3 aromatic carbocycles. The highest BCUT2D eigenvalue weighted by Gasteiger charge is 2.31. The normalized spacial score (nSPS) is 11.4. The van der Waals surface area contributed by atoms with E-state index >= 15 is 0 Å². The van der Waals surface area contributed by atoms with Crippen molar-refractivity contribution in [2.24, 2.45) is 0 Å². The van der Waals surface area contributed by atoms with Crippen molar-refractivity contribution in [1.29, 1.82) is 0 Å². The van der Waals surface area contributed by atoms with Gasteiger partial charge in [0.05, 0.1) is 25.3 Å². The van der Waals surface area contributed by atoms with Gasteiger partial charge in [0.1, 0.15) is 11.5 Å². The van der Waals surface area contributed by atoms with Crippen molar-refractivity contribution in [3.63, 3.8) is 0 Å². The third-order valence-electron chi connectivity index (χ3n) is 4.09. The number of halogens is 3. The minimum atomic E-state index is -4.52. The van der Waals surface area contributed by atoms with Crippen molar-refractivity contribution >= 4 is 16.6 Å². The number of hydrogen-bond donors (Lipinski definition) is 0. The first-order valence-electron chi connectivity index (χ1n) is 7.72. The maximum atomic E-state index is 13.0. The smallest absolute Gasteiger partial charge is 0.416 e. The maximum absolute atomic E-state index is 13.0. The van der Waals surface area contributed by atoms with E-state index in [0.717, 1.165) is 17.5 Å². The van der Waals surface area contributed by atoms with Gasteiger partial charge in [-0.25, -0.2) is 0 Å². The molecule has 0 aliphatic rings. The lowest BCUT2D eigenvalue weighted by atomic mass is 9.95. The summed E-state index contributed by atoms with van der Waals surface area (Å²) in [4.78, 5) is 13.0. The van der Waals surface area contributed by atoms with E-state index in [1.807, 2.05) is 0 Å². The molecule has 0 fully saturated rings. The molecule has 0 atom stereocenters. The predicted molar refractivity (Wildman–Crippen MR) is 91.9 cm³/mol. The zero-order valence-corrected chi connectivity index (χ0v) is 14.1. The Morgan fingerprint density at radius 2 is 1.69 bits per heavy atom. The highest BCUT2D eigenvalue weighted by atomic mass is 19.4. The number of benzene rings is 3. The number of hydrogen-bond acceptors (Lipinski definition) is 3. The average molecular weight is 360 g/mol. The summed E-state index contributed by atoms with van der Waals surface area (Å²) in [7, 11) is 2.94.